The van der Waals surface area contributed by atoms with Crippen molar-refractivity contribution in [2.24, 2.45) is 5.41 Å². The van der Waals surface area contributed by atoms with Crippen molar-refractivity contribution in [3.8, 4) is 0 Å². The van der Waals surface area contributed by atoms with E-state index in [0.29, 0.717) is 6.07 Å². The first-order chi connectivity index (χ1) is 15.1. The van der Waals surface area contributed by atoms with Crippen molar-refractivity contribution in [2.45, 2.75) is 58.7 Å². The summed E-state index contributed by atoms with van der Waals surface area (Å²) in [6, 6.07) is 2.41. The van der Waals surface area contributed by atoms with Crippen LogP contribution in [0.3, 0.4) is 0 Å². The molecular formula is C25H26F2O5. The largest absolute Gasteiger partial charge is 0.457 e. The Balaban J connectivity index is 1.78. The molecule has 5 nitrogen and oxygen atoms in total. The molecule has 0 unspecified atom stereocenters. The van der Waals surface area contributed by atoms with E-state index in [2.05, 4.69) is 6.08 Å². The first-order valence-electron chi connectivity index (χ1n) is 10.5. The van der Waals surface area contributed by atoms with Crippen molar-refractivity contribution in [3.05, 3.63) is 70.8 Å². The smallest absolute Gasteiger partial charge is 0.338 e. The zero-order valence-electron chi connectivity index (χ0n) is 18.3. The second-order valence-electron chi connectivity index (χ2n) is 8.61. The van der Waals surface area contributed by atoms with E-state index >= 15 is 0 Å². The molecule has 2 aliphatic rings. The number of carbonyl (C=O) groups excluding carboxylic acids is 3. The fraction of sp³-hybridized carbons (Fsp3) is 0.400. The first kappa shape index (κ1) is 23.6. The van der Waals surface area contributed by atoms with Gasteiger partial charge in [-0.05, 0) is 64.0 Å². The number of cyclic esters (lactones) is 1. The normalized spacial score (nSPS) is 25.1. The summed E-state index contributed by atoms with van der Waals surface area (Å²) >= 11 is 0. The van der Waals surface area contributed by atoms with Crippen molar-refractivity contribution in [2.75, 3.05) is 0 Å². The molecule has 0 amide bonds. The van der Waals surface area contributed by atoms with Gasteiger partial charge in [0.25, 0.3) is 0 Å². The molecule has 0 radical (unpaired) electrons. The minimum Gasteiger partial charge on any atom is -0.457 e. The van der Waals surface area contributed by atoms with Crippen molar-refractivity contribution >= 4 is 17.7 Å². The molecule has 1 spiro atoms. The zero-order valence-corrected chi connectivity index (χ0v) is 18.3. The molecule has 0 saturated carbocycles. The lowest BCUT2D eigenvalue weighted by Crippen LogP contribution is -2.43. The predicted molar refractivity (Wildman–Crippen MR) is 114 cm³/mol. The van der Waals surface area contributed by atoms with Crippen LogP contribution in [0.25, 0.3) is 0 Å². The van der Waals surface area contributed by atoms with E-state index in [1.54, 1.807) is 6.08 Å². The molecule has 1 saturated heterocycles. The van der Waals surface area contributed by atoms with E-state index in [9.17, 15) is 23.2 Å². The average molecular weight is 444 g/mol. The highest BCUT2D eigenvalue weighted by Crippen LogP contribution is 2.45. The molecule has 0 N–H and O–H groups in total. The number of hydrogen-bond acceptors (Lipinski definition) is 5. The fourth-order valence-corrected chi connectivity index (χ4v) is 4.04. The molecule has 1 aliphatic heterocycles. The van der Waals surface area contributed by atoms with E-state index in [-0.39, 0.29) is 24.2 Å². The van der Waals surface area contributed by atoms with Gasteiger partial charge in [0.2, 0.25) is 0 Å². The van der Waals surface area contributed by atoms with Crippen LogP contribution < -0.4 is 0 Å². The number of benzene rings is 1. The molecule has 1 heterocycles. The highest BCUT2D eigenvalue weighted by atomic mass is 19.1. The summed E-state index contributed by atoms with van der Waals surface area (Å²) in [4.78, 5) is 37.4. The lowest BCUT2D eigenvalue weighted by atomic mass is 9.69. The Morgan fingerprint density at radius 2 is 1.88 bits per heavy atom. The molecular weight excluding hydrogens is 418 g/mol. The number of ether oxygens (including phenoxy) is 2. The van der Waals surface area contributed by atoms with Gasteiger partial charge in [0.1, 0.15) is 23.8 Å². The number of hydrogen-bond donors (Lipinski definition) is 0. The van der Waals surface area contributed by atoms with Gasteiger partial charge in [-0.3, -0.25) is 9.59 Å². The molecule has 3 atom stereocenters. The van der Waals surface area contributed by atoms with Gasteiger partial charge >= 0.3 is 11.9 Å². The maximum atomic E-state index is 13.4. The molecule has 0 bridgehead atoms. The van der Waals surface area contributed by atoms with Gasteiger partial charge in [0.05, 0.1) is 17.4 Å². The van der Waals surface area contributed by atoms with Crippen molar-refractivity contribution < 1.29 is 32.6 Å². The lowest BCUT2D eigenvalue weighted by molar-refractivity contribution is -0.140. The van der Waals surface area contributed by atoms with E-state index in [0.717, 1.165) is 30.5 Å². The quantitative estimate of drug-likeness (QED) is 0.456. The minimum atomic E-state index is -1.18. The van der Waals surface area contributed by atoms with E-state index in [1.807, 2.05) is 20.8 Å². The summed E-state index contributed by atoms with van der Waals surface area (Å²) in [7, 11) is 0. The Kier molecular flexibility index (Phi) is 7.06. The maximum Gasteiger partial charge on any atom is 0.338 e. The number of halogens is 2. The van der Waals surface area contributed by atoms with Gasteiger partial charge < -0.3 is 9.47 Å². The Labute approximate surface area is 185 Å². The van der Waals surface area contributed by atoms with Gasteiger partial charge in [0.15, 0.2) is 5.78 Å². The second kappa shape index (κ2) is 9.59. The van der Waals surface area contributed by atoms with Gasteiger partial charge in [-0.15, -0.1) is 0 Å². The SMILES string of the molecule is CC(C)=CCC/C(C)=C/[C@H]1OC(=O)C[C@]12C[C@H](OC(=O)c1cc(F)cc(F)c1)C=CC2=O. The monoisotopic (exact) mass is 444 g/mol. The molecule has 3 rings (SSSR count). The summed E-state index contributed by atoms with van der Waals surface area (Å²) in [5, 5.41) is 0. The topological polar surface area (TPSA) is 69.7 Å². The molecule has 1 fully saturated rings. The van der Waals surface area contributed by atoms with Gasteiger partial charge in [-0.25, -0.2) is 13.6 Å². The average Bonchev–Trinajstić information content (AvgIpc) is 2.99. The lowest BCUT2D eigenvalue weighted by Gasteiger charge is -2.34. The molecule has 1 aromatic rings. The van der Waals surface area contributed by atoms with Gasteiger partial charge in [-0.2, -0.15) is 0 Å². The molecule has 1 aliphatic carbocycles. The molecule has 7 heteroatoms. The Hall–Kier alpha value is -3.09. The van der Waals surface area contributed by atoms with Crippen LogP contribution in [0.2, 0.25) is 0 Å². The third-order valence-corrected chi connectivity index (χ3v) is 5.67. The highest BCUT2D eigenvalue weighted by Gasteiger charge is 2.55. The Morgan fingerprint density at radius 1 is 1.19 bits per heavy atom. The zero-order chi connectivity index (χ0) is 23.5. The van der Waals surface area contributed by atoms with Crippen LogP contribution in [0.5, 0.6) is 0 Å². The van der Waals surface area contributed by atoms with Gasteiger partial charge in [0, 0.05) is 12.5 Å². The maximum absolute atomic E-state index is 13.4. The van der Waals surface area contributed by atoms with Crippen LogP contribution in [0.4, 0.5) is 8.78 Å². The summed E-state index contributed by atoms with van der Waals surface area (Å²) in [5.74, 6) is -3.48. The van der Waals surface area contributed by atoms with Crippen LogP contribution in [-0.4, -0.2) is 29.9 Å². The Morgan fingerprint density at radius 3 is 2.53 bits per heavy atom. The fourth-order valence-electron chi connectivity index (χ4n) is 4.04. The number of carbonyl (C=O) groups is 3. The predicted octanol–water partition coefficient (Wildman–Crippen LogP) is 5.01. The van der Waals surface area contributed by atoms with Crippen LogP contribution in [-0.2, 0) is 19.1 Å². The third-order valence-electron chi connectivity index (χ3n) is 5.67. The van der Waals surface area contributed by atoms with Crippen LogP contribution in [0.1, 0.15) is 56.8 Å². The first-order valence-corrected chi connectivity index (χ1v) is 10.5. The van der Waals surface area contributed by atoms with Crippen LogP contribution in [0, 0.1) is 17.0 Å². The summed E-state index contributed by atoms with van der Waals surface area (Å²) in [6.45, 7) is 5.94. The summed E-state index contributed by atoms with van der Waals surface area (Å²) < 4.78 is 37.7. The second-order valence-corrected chi connectivity index (χ2v) is 8.61. The van der Waals surface area contributed by atoms with E-state index in [4.69, 9.17) is 9.47 Å². The number of rotatable bonds is 6. The highest BCUT2D eigenvalue weighted by molar-refractivity contribution is 6.00. The number of allylic oxidation sites excluding steroid dienone is 4. The molecule has 1 aromatic carbocycles. The molecule has 0 aromatic heterocycles. The van der Waals surface area contributed by atoms with Crippen LogP contribution >= 0.6 is 0 Å². The third kappa shape index (κ3) is 5.39. The molecule has 170 valence electrons. The van der Waals surface area contributed by atoms with Crippen molar-refractivity contribution in [3.63, 3.8) is 0 Å². The number of esters is 2. The van der Waals surface area contributed by atoms with E-state index in [1.165, 1.54) is 17.7 Å². The summed E-state index contributed by atoms with van der Waals surface area (Å²) in [5.41, 5.74) is 0.735. The summed E-state index contributed by atoms with van der Waals surface area (Å²) in [6.07, 6.45) is 6.49. The van der Waals surface area contributed by atoms with Crippen molar-refractivity contribution in [1.29, 1.82) is 0 Å². The van der Waals surface area contributed by atoms with Crippen LogP contribution in [0.15, 0.2) is 53.6 Å². The van der Waals surface area contributed by atoms with E-state index < -0.39 is 41.2 Å². The number of ketones is 1. The standard InChI is InChI=1S/C25H26F2O5/c1-15(2)5-4-6-16(3)9-22-25(14-23(29)32-22)13-20(7-8-21(25)28)31-24(30)17-10-18(26)12-19(27)11-17/h5,7-12,20,22H,4,6,13-14H2,1-3H3/b16-9+/t20-,22-,25+/m1/s1. The molecule has 32 heavy (non-hydrogen) atoms. The van der Waals surface area contributed by atoms with Gasteiger partial charge in [-0.1, -0.05) is 17.2 Å². The minimum absolute atomic E-state index is 0.0417. The van der Waals surface area contributed by atoms with Crippen molar-refractivity contribution in [1.82, 2.24) is 0 Å². The Bertz CT molecular complexity index is 999.